The lowest BCUT2D eigenvalue weighted by atomic mass is 10.0. The van der Waals surface area contributed by atoms with Gasteiger partial charge in [0.05, 0.1) is 19.4 Å². The molecule has 2 aromatic heterocycles. The Morgan fingerprint density at radius 2 is 1.97 bits per heavy atom. The van der Waals surface area contributed by atoms with Gasteiger partial charge in [0.25, 0.3) is 11.5 Å². The maximum atomic E-state index is 13.1. The minimum absolute atomic E-state index is 0.0457. The number of nitrogens with zero attached hydrogens (tertiary/aromatic N) is 4. The van der Waals surface area contributed by atoms with E-state index in [4.69, 9.17) is 4.74 Å². The molecule has 33 heavy (non-hydrogen) atoms. The first-order valence-corrected chi connectivity index (χ1v) is 11.5. The molecule has 2 aromatic rings. The highest BCUT2D eigenvalue weighted by Gasteiger charge is 2.38. The Morgan fingerprint density at radius 3 is 2.61 bits per heavy atom. The zero-order valence-corrected chi connectivity index (χ0v) is 18.9. The summed E-state index contributed by atoms with van der Waals surface area (Å²) < 4.78 is 8.13. The molecule has 0 spiro atoms. The van der Waals surface area contributed by atoms with Crippen LogP contribution in [0.25, 0.3) is 11.7 Å². The van der Waals surface area contributed by atoms with Crippen LogP contribution in [0.1, 0.15) is 42.6 Å². The largest absolute Gasteiger partial charge is 0.494 e. The van der Waals surface area contributed by atoms with E-state index in [1.54, 1.807) is 6.08 Å². The lowest BCUT2D eigenvalue weighted by Gasteiger charge is -2.17. The highest BCUT2D eigenvalue weighted by Crippen LogP contribution is 2.29. The molecule has 0 aromatic carbocycles. The van der Waals surface area contributed by atoms with Gasteiger partial charge in [-0.05, 0) is 24.8 Å². The molecule has 5 rings (SSSR count). The minimum Gasteiger partial charge on any atom is -0.494 e. The average Bonchev–Trinajstić information content (AvgIpc) is 3.13. The summed E-state index contributed by atoms with van der Waals surface area (Å²) in [6.45, 7) is 7.08. The van der Waals surface area contributed by atoms with Crippen LogP contribution in [0.15, 0.2) is 17.1 Å². The summed E-state index contributed by atoms with van der Waals surface area (Å²) in [6.07, 6.45) is 6.31. The number of nitrogens with one attached hydrogen (secondary N) is 1. The number of fused-ring (bicyclic) bond motifs is 2. The lowest BCUT2D eigenvalue weighted by Crippen LogP contribution is -2.34. The van der Waals surface area contributed by atoms with Crippen LogP contribution in [-0.2, 0) is 16.1 Å². The first-order valence-electron chi connectivity index (χ1n) is 11.5. The van der Waals surface area contributed by atoms with Gasteiger partial charge in [-0.2, -0.15) is 9.61 Å². The maximum absolute atomic E-state index is 13.1. The second-order valence-corrected chi connectivity index (χ2v) is 9.73. The molecule has 176 valence electrons. The van der Waals surface area contributed by atoms with E-state index < -0.39 is 11.5 Å². The monoisotopic (exact) mass is 455 g/mol. The molecular weight excluding hydrogens is 426 g/mol. The van der Waals surface area contributed by atoms with Gasteiger partial charge in [0.1, 0.15) is 5.65 Å². The number of aromatic nitrogens is 3. The minimum atomic E-state index is -0.681. The first-order chi connectivity index (χ1) is 15.8. The molecule has 3 aliphatic rings. The van der Waals surface area contributed by atoms with Crippen LogP contribution in [0.2, 0.25) is 0 Å². The summed E-state index contributed by atoms with van der Waals surface area (Å²) in [6, 6.07) is 0.0457. The fraction of sp³-hybridized carbons (Fsp3) is 0.565. The molecule has 4 heterocycles. The Bertz CT molecular complexity index is 1180. The van der Waals surface area contributed by atoms with Crippen molar-refractivity contribution in [2.75, 3.05) is 26.3 Å². The topological polar surface area (TPSA) is 118 Å². The summed E-state index contributed by atoms with van der Waals surface area (Å²) in [5.41, 5.74) is -0.118. The van der Waals surface area contributed by atoms with E-state index in [0.717, 1.165) is 17.4 Å². The molecule has 0 bridgehead atoms. The van der Waals surface area contributed by atoms with Gasteiger partial charge in [0, 0.05) is 49.2 Å². The Morgan fingerprint density at radius 1 is 1.27 bits per heavy atom. The third-order valence-corrected chi connectivity index (χ3v) is 6.56. The normalized spacial score (nSPS) is 22.6. The van der Waals surface area contributed by atoms with Crippen LogP contribution < -0.4 is 10.9 Å². The van der Waals surface area contributed by atoms with Gasteiger partial charge < -0.3 is 20.1 Å². The third kappa shape index (κ3) is 4.03. The molecule has 1 saturated carbocycles. The molecule has 2 saturated heterocycles. The summed E-state index contributed by atoms with van der Waals surface area (Å²) in [7, 11) is 0. The molecule has 3 fully saturated rings. The fourth-order valence-corrected chi connectivity index (χ4v) is 4.68. The van der Waals surface area contributed by atoms with Gasteiger partial charge in [0.15, 0.2) is 5.56 Å². The molecule has 10 heteroatoms. The predicted octanol–water partition coefficient (Wildman–Crippen LogP) is 0.868. The molecule has 0 radical (unpaired) electrons. The first kappa shape index (κ1) is 21.7. The van der Waals surface area contributed by atoms with Gasteiger partial charge in [-0.3, -0.25) is 19.0 Å². The van der Waals surface area contributed by atoms with E-state index in [0.29, 0.717) is 55.9 Å². The standard InChI is InChI=1S/C23H29N5O5/c1-13(2)8-27-21-14(3-6-18(29)26-9-15-11-33-12-16(15)10-26)7-24-28(21)23(32)19(22(27)31)20(30)25-17-4-5-17/h3,6-7,13,15-17,31H,4-5,8-12H2,1-2H3,(H,25,30)/b6-3+/t15-,16+. The van der Waals surface area contributed by atoms with Crippen molar-refractivity contribution in [3.05, 3.63) is 33.8 Å². The number of carbonyl (C=O) groups excluding carboxylic acids is 2. The van der Waals surface area contributed by atoms with Crippen LogP contribution in [0.3, 0.4) is 0 Å². The van der Waals surface area contributed by atoms with Gasteiger partial charge in [-0.15, -0.1) is 0 Å². The molecule has 2 aliphatic heterocycles. The number of amides is 2. The average molecular weight is 456 g/mol. The predicted molar refractivity (Wildman–Crippen MR) is 120 cm³/mol. The third-order valence-electron chi connectivity index (χ3n) is 6.56. The molecule has 0 unspecified atom stereocenters. The molecular formula is C23H29N5O5. The number of hydrogen-bond acceptors (Lipinski definition) is 6. The maximum Gasteiger partial charge on any atom is 0.291 e. The van der Waals surface area contributed by atoms with Crippen LogP contribution in [0.4, 0.5) is 0 Å². The number of hydrogen-bond donors (Lipinski definition) is 2. The molecule has 1 aliphatic carbocycles. The SMILES string of the molecule is CC(C)Cn1c(O)c(C(=O)NC2CC2)c(=O)n2ncc(/C=C/C(=O)N3C[C@H]4COC[C@H]4C3)c12. The van der Waals surface area contributed by atoms with Crippen molar-refractivity contribution in [2.45, 2.75) is 39.3 Å². The Kier molecular flexibility index (Phi) is 5.48. The Hall–Kier alpha value is -3.14. The summed E-state index contributed by atoms with van der Waals surface area (Å²) in [4.78, 5) is 40.3. The van der Waals surface area contributed by atoms with Crippen LogP contribution in [-0.4, -0.2) is 68.3 Å². The van der Waals surface area contributed by atoms with Gasteiger partial charge in [0.2, 0.25) is 11.8 Å². The Balaban J connectivity index is 1.49. The van der Waals surface area contributed by atoms with Crippen LogP contribution >= 0.6 is 0 Å². The second kappa shape index (κ2) is 8.33. The van der Waals surface area contributed by atoms with E-state index in [1.165, 1.54) is 16.8 Å². The second-order valence-electron chi connectivity index (χ2n) is 9.73. The van der Waals surface area contributed by atoms with E-state index in [9.17, 15) is 19.5 Å². The van der Waals surface area contributed by atoms with Crippen molar-refractivity contribution in [3.63, 3.8) is 0 Å². The fourth-order valence-electron chi connectivity index (χ4n) is 4.68. The number of ether oxygens (including phenoxy) is 1. The molecule has 2 atom stereocenters. The number of rotatable bonds is 6. The van der Waals surface area contributed by atoms with Crippen molar-refractivity contribution >= 4 is 23.5 Å². The summed E-state index contributed by atoms with van der Waals surface area (Å²) in [5, 5.41) is 17.9. The Labute approximate surface area is 190 Å². The van der Waals surface area contributed by atoms with E-state index in [1.807, 2.05) is 18.7 Å². The van der Waals surface area contributed by atoms with Crippen LogP contribution in [0, 0.1) is 17.8 Å². The van der Waals surface area contributed by atoms with Crippen LogP contribution in [0.5, 0.6) is 5.88 Å². The van der Waals surface area contributed by atoms with E-state index >= 15 is 0 Å². The van der Waals surface area contributed by atoms with Crippen molar-refractivity contribution in [1.29, 1.82) is 0 Å². The highest BCUT2D eigenvalue weighted by molar-refractivity contribution is 5.97. The molecule has 10 nitrogen and oxygen atoms in total. The highest BCUT2D eigenvalue weighted by atomic mass is 16.5. The molecule has 2 amide bonds. The molecule has 2 N–H and O–H groups in total. The van der Waals surface area contributed by atoms with E-state index in [2.05, 4.69) is 10.4 Å². The van der Waals surface area contributed by atoms with Gasteiger partial charge in [-0.25, -0.2) is 0 Å². The summed E-state index contributed by atoms with van der Waals surface area (Å²) in [5.74, 6) is -0.161. The van der Waals surface area contributed by atoms with Gasteiger partial charge in [-0.1, -0.05) is 13.8 Å². The lowest BCUT2D eigenvalue weighted by molar-refractivity contribution is -0.125. The summed E-state index contributed by atoms with van der Waals surface area (Å²) >= 11 is 0. The van der Waals surface area contributed by atoms with Crippen molar-refractivity contribution < 1.29 is 19.4 Å². The van der Waals surface area contributed by atoms with Crippen molar-refractivity contribution in [2.24, 2.45) is 17.8 Å². The van der Waals surface area contributed by atoms with E-state index in [-0.39, 0.29) is 29.3 Å². The number of carbonyl (C=O) groups is 2. The van der Waals surface area contributed by atoms with Crippen molar-refractivity contribution in [3.8, 4) is 5.88 Å². The number of likely N-dealkylation sites (tertiary alicyclic amines) is 1. The zero-order valence-electron chi connectivity index (χ0n) is 18.9. The smallest absolute Gasteiger partial charge is 0.291 e. The van der Waals surface area contributed by atoms with Gasteiger partial charge >= 0.3 is 0 Å². The zero-order chi connectivity index (χ0) is 23.3. The van der Waals surface area contributed by atoms with Crippen molar-refractivity contribution in [1.82, 2.24) is 24.4 Å². The number of aromatic hydroxyl groups is 1. The quantitative estimate of drug-likeness (QED) is 0.624.